The van der Waals surface area contributed by atoms with Gasteiger partial charge in [0.05, 0.1) is 11.0 Å². The summed E-state index contributed by atoms with van der Waals surface area (Å²) in [7, 11) is 0. The van der Waals surface area contributed by atoms with Crippen LogP contribution in [0.15, 0.2) is 53.3 Å². The van der Waals surface area contributed by atoms with Gasteiger partial charge < -0.3 is 10.6 Å². The molecule has 26 heavy (non-hydrogen) atoms. The second kappa shape index (κ2) is 7.26. The number of carbonyl (C=O) groups excluding carboxylic acids is 2. The molecular formula is C19H20N4O3. The van der Waals surface area contributed by atoms with E-state index in [0.717, 1.165) is 11.0 Å². The first kappa shape index (κ1) is 17.5. The van der Waals surface area contributed by atoms with Gasteiger partial charge in [-0.25, -0.2) is 4.79 Å². The number of benzene rings is 2. The fourth-order valence-corrected chi connectivity index (χ4v) is 2.95. The number of anilines is 2. The third-order valence-corrected chi connectivity index (χ3v) is 4.01. The molecule has 2 N–H and O–H groups in total. The van der Waals surface area contributed by atoms with Gasteiger partial charge in [0.2, 0.25) is 11.8 Å². The first-order valence-corrected chi connectivity index (χ1v) is 8.35. The maximum Gasteiger partial charge on any atom is 0.329 e. The van der Waals surface area contributed by atoms with Crippen LogP contribution in [0.5, 0.6) is 0 Å². The predicted octanol–water partition coefficient (Wildman–Crippen LogP) is 2.42. The van der Waals surface area contributed by atoms with Crippen molar-refractivity contribution in [3.05, 3.63) is 59.0 Å². The van der Waals surface area contributed by atoms with Crippen molar-refractivity contribution in [3.8, 4) is 0 Å². The molecule has 0 aliphatic rings. The van der Waals surface area contributed by atoms with E-state index in [1.54, 1.807) is 28.8 Å². The highest BCUT2D eigenvalue weighted by atomic mass is 16.2. The number of imidazole rings is 1. The van der Waals surface area contributed by atoms with Gasteiger partial charge in [0.1, 0.15) is 6.54 Å². The maximum atomic E-state index is 12.6. The van der Waals surface area contributed by atoms with E-state index < -0.39 is 0 Å². The van der Waals surface area contributed by atoms with Crippen molar-refractivity contribution in [1.82, 2.24) is 9.13 Å². The van der Waals surface area contributed by atoms with E-state index in [0.29, 0.717) is 17.9 Å². The van der Waals surface area contributed by atoms with E-state index in [1.807, 2.05) is 31.2 Å². The number of fused-ring (bicyclic) bond motifs is 1. The minimum atomic E-state index is -0.314. The second-order valence-corrected chi connectivity index (χ2v) is 5.91. The van der Waals surface area contributed by atoms with E-state index in [1.165, 1.54) is 11.5 Å². The van der Waals surface area contributed by atoms with Gasteiger partial charge >= 0.3 is 5.69 Å². The van der Waals surface area contributed by atoms with Crippen molar-refractivity contribution in [3.63, 3.8) is 0 Å². The molecule has 0 atom stereocenters. The standard InChI is InChI=1S/C19H20N4O3/c1-3-22-16-9-4-5-10-17(16)23(19(22)26)12-18(25)21-15-8-6-7-14(11-15)20-13(2)24/h4-11H,3,12H2,1-2H3,(H,20,24)(H,21,25). The smallest absolute Gasteiger partial charge is 0.326 e. The average Bonchev–Trinajstić information content (AvgIpc) is 2.86. The Morgan fingerprint density at radius 1 is 0.923 bits per heavy atom. The quantitative estimate of drug-likeness (QED) is 0.739. The van der Waals surface area contributed by atoms with Gasteiger partial charge in [-0.15, -0.1) is 0 Å². The molecular weight excluding hydrogens is 332 g/mol. The van der Waals surface area contributed by atoms with E-state index >= 15 is 0 Å². The predicted molar refractivity (Wildman–Crippen MR) is 101 cm³/mol. The van der Waals surface area contributed by atoms with Gasteiger partial charge in [-0.2, -0.15) is 0 Å². The molecule has 1 aromatic heterocycles. The summed E-state index contributed by atoms with van der Waals surface area (Å²) in [6, 6.07) is 14.3. The molecule has 7 heteroatoms. The molecule has 0 aliphatic carbocycles. The van der Waals surface area contributed by atoms with E-state index in [9.17, 15) is 14.4 Å². The van der Waals surface area contributed by atoms with E-state index in [2.05, 4.69) is 10.6 Å². The second-order valence-electron chi connectivity index (χ2n) is 5.91. The Morgan fingerprint density at radius 2 is 1.54 bits per heavy atom. The highest BCUT2D eigenvalue weighted by Gasteiger charge is 2.14. The highest BCUT2D eigenvalue weighted by Crippen LogP contribution is 2.16. The van der Waals surface area contributed by atoms with Crippen LogP contribution < -0.4 is 16.3 Å². The Hall–Kier alpha value is -3.35. The number of nitrogens with zero attached hydrogens (tertiary/aromatic N) is 2. The van der Waals surface area contributed by atoms with E-state index in [4.69, 9.17) is 0 Å². The van der Waals surface area contributed by atoms with Crippen LogP contribution in [0.3, 0.4) is 0 Å². The van der Waals surface area contributed by atoms with Gasteiger partial charge in [-0.3, -0.25) is 18.7 Å². The maximum absolute atomic E-state index is 12.6. The zero-order valence-corrected chi connectivity index (χ0v) is 14.7. The molecule has 0 aliphatic heterocycles. The molecule has 0 unspecified atom stereocenters. The lowest BCUT2D eigenvalue weighted by molar-refractivity contribution is -0.117. The summed E-state index contributed by atoms with van der Waals surface area (Å²) in [5.41, 5.74) is 2.46. The summed E-state index contributed by atoms with van der Waals surface area (Å²) in [5.74, 6) is -0.501. The number of rotatable bonds is 5. The fourth-order valence-electron chi connectivity index (χ4n) is 2.95. The van der Waals surface area contributed by atoms with Crippen molar-refractivity contribution in [2.24, 2.45) is 0 Å². The molecule has 1 heterocycles. The van der Waals surface area contributed by atoms with Crippen LogP contribution in [0.25, 0.3) is 11.0 Å². The Balaban J connectivity index is 1.83. The molecule has 3 aromatic rings. The van der Waals surface area contributed by atoms with Gasteiger partial charge in [0.25, 0.3) is 0 Å². The lowest BCUT2D eigenvalue weighted by Gasteiger charge is -2.08. The third kappa shape index (κ3) is 3.51. The van der Waals surface area contributed by atoms with Crippen LogP contribution in [0, 0.1) is 0 Å². The van der Waals surface area contributed by atoms with Crippen molar-refractivity contribution in [1.29, 1.82) is 0 Å². The van der Waals surface area contributed by atoms with Gasteiger partial charge in [0, 0.05) is 24.8 Å². The molecule has 0 saturated heterocycles. The molecule has 134 valence electrons. The number of nitrogens with one attached hydrogen (secondary N) is 2. The van der Waals surface area contributed by atoms with Gasteiger partial charge in [0.15, 0.2) is 0 Å². The molecule has 0 fully saturated rings. The van der Waals surface area contributed by atoms with E-state index in [-0.39, 0.29) is 24.0 Å². The van der Waals surface area contributed by atoms with Crippen molar-refractivity contribution in [2.75, 3.05) is 10.6 Å². The molecule has 0 bridgehead atoms. The first-order valence-electron chi connectivity index (χ1n) is 8.35. The van der Waals surface area contributed by atoms with Crippen LogP contribution in [-0.4, -0.2) is 20.9 Å². The summed E-state index contributed by atoms with van der Waals surface area (Å²) in [4.78, 5) is 36.2. The third-order valence-electron chi connectivity index (χ3n) is 4.01. The van der Waals surface area contributed by atoms with Gasteiger partial charge in [-0.1, -0.05) is 18.2 Å². The average molecular weight is 352 g/mol. The lowest BCUT2D eigenvalue weighted by Crippen LogP contribution is -2.29. The molecule has 0 saturated carbocycles. The number of amides is 2. The lowest BCUT2D eigenvalue weighted by atomic mass is 10.2. The molecule has 7 nitrogen and oxygen atoms in total. The summed E-state index contributed by atoms with van der Waals surface area (Å²) in [6.07, 6.45) is 0. The largest absolute Gasteiger partial charge is 0.329 e. The Kier molecular flexibility index (Phi) is 4.88. The number of hydrogen-bond donors (Lipinski definition) is 2. The fraction of sp³-hybridized carbons (Fsp3) is 0.211. The van der Waals surface area contributed by atoms with Crippen LogP contribution in [0.1, 0.15) is 13.8 Å². The Morgan fingerprint density at radius 3 is 2.15 bits per heavy atom. The van der Waals surface area contributed by atoms with Crippen LogP contribution in [-0.2, 0) is 22.7 Å². The number of hydrogen-bond acceptors (Lipinski definition) is 3. The minimum Gasteiger partial charge on any atom is -0.326 e. The Bertz CT molecular complexity index is 1030. The number of carbonyl (C=O) groups is 2. The van der Waals surface area contributed by atoms with Crippen molar-refractivity contribution >= 4 is 34.2 Å². The Labute approximate surface area is 150 Å². The zero-order chi connectivity index (χ0) is 18.7. The number of aromatic nitrogens is 2. The number of aryl methyl sites for hydroxylation is 1. The van der Waals surface area contributed by atoms with Crippen LogP contribution in [0.4, 0.5) is 11.4 Å². The molecule has 2 amide bonds. The molecule has 0 radical (unpaired) electrons. The first-order chi connectivity index (χ1) is 12.5. The minimum absolute atomic E-state index is 0.0866. The number of para-hydroxylation sites is 2. The normalized spacial score (nSPS) is 10.7. The SMILES string of the molecule is CCn1c(=O)n(CC(=O)Nc2cccc(NC(C)=O)c2)c2ccccc21. The monoisotopic (exact) mass is 352 g/mol. The van der Waals surface area contributed by atoms with Gasteiger partial charge in [-0.05, 0) is 37.3 Å². The van der Waals surface area contributed by atoms with Crippen LogP contribution in [0.2, 0.25) is 0 Å². The zero-order valence-electron chi connectivity index (χ0n) is 14.7. The summed E-state index contributed by atoms with van der Waals surface area (Å²) >= 11 is 0. The molecule has 0 spiro atoms. The van der Waals surface area contributed by atoms with Crippen molar-refractivity contribution in [2.45, 2.75) is 26.9 Å². The molecule has 2 aromatic carbocycles. The summed E-state index contributed by atoms with van der Waals surface area (Å²) in [6.45, 7) is 3.76. The summed E-state index contributed by atoms with van der Waals surface area (Å²) in [5, 5.41) is 5.43. The summed E-state index contributed by atoms with van der Waals surface area (Å²) < 4.78 is 3.10. The molecule has 3 rings (SSSR count). The highest BCUT2D eigenvalue weighted by molar-refractivity contribution is 5.93. The topological polar surface area (TPSA) is 85.1 Å². The van der Waals surface area contributed by atoms with Crippen molar-refractivity contribution < 1.29 is 9.59 Å². The van der Waals surface area contributed by atoms with Crippen LogP contribution >= 0.6 is 0 Å².